The van der Waals surface area contributed by atoms with Gasteiger partial charge in [0.25, 0.3) is 5.91 Å². The molecule has 2 N–H and O–H groups in total. The van der Waals surface area contributed by atoms with E-state index >= 15 is 0 Å². The molecule has 0 unspecified atom stereocenters. The molecule has 0 aliphatic heterocycles. The zero-order valence-corrected chi connectivity index (χ0v) is 12.4. The summed E-state index contributed by atoms with van der Waals surface area (Å²) in [5.74, 6) is -0.212. The van der Waals surface area contributed by atoms with Gasteiger partial charge in [0, 0.05) is 16.6 Å². The Morgan fingerprint density at radius 2 is 1.90 bits per heavy atom. The van der Waals surface area contributed by atoms with Gasteiger partial charge in [-0.3, -0.25) is 4.79 Å². The first-order valence-corrected chi connectivity index (χ1v) is 7.56. The molecule has 0 spiro atoms. The molecule has 3 rings (SSSR count). The number of phenols is 1. The highest BCUT2D eigenvalue weighted by Crippen LogP contribution is 2.32. The van der Waals surface area contributed by atoms with E-state index in [0.29, 0.717) is 12.1 Å². The van der Waals surface area contributed by atoms with Crippen molar-refractivity contribution in [1.29, 1.82) is 0 Å². The van der Waals surface area contributed by atoms with Gasteiger partial charge >= 0.3 is 0 Å². The van der Waals surface area contributed by atoms with Crippen molar-refractivity contribution < 1.29 is 9.90 Å². The van der Waals surface area contributed by atoms with E-state index in [1.807, 2.05) is 48.7 Å². The van der Waals surface area contributed by atoms with Gasteiger partial charge in [-0.05, 0) is 36.1 Å². The van der Waals surface area contributed by atoms with Crippen LogP contribution in [0, 0.1) is 6.92 Å². The number of phenolic OH excluding ortho intramolecular Hbond substituents is 1. The number of aryl methyl sites for hydroxylation is 1. The third-order valence-corrected chi connectivity index (χ3v) is 4.31. The topological polar surface area (TPSA) is 49.3 Å². The molecule has 0 aliphatic rings. The fourth-order valence-electron chi connectivity index (χ4n) is 2.20. The highest BCUT2D eigenvalue weighted by Gasteiger charge is 2.14. The lowest BCUT2D eigenvalue weighted by Crippen LogP contribution is -2.22. The molecule has 0 saturated carbocycles. The number of carbonyl (C=O) groups is 1. The number of carbonyl (C=O) groups excluding carboxylic acids is 1. The van der Waals surface area contributed by atoms with Gasteiger partial charge in [0.05, 0.1) is 5.56 Å². The molecule has 0 bridgehead atoms. The monoisotopic (exact) mass is 297 g/mol. The average Bonchev–Trinajstić information content (AvgIpc) is 2.96. The molecule has 0 radical (unpaired) electrons. The summed E-state index contributed by atoms with van der Waals surface area (Å²) >= 11 is 1.54. The predicted molar refractivity (Wildman–Crippen MR) is 85.8 cm³/mol. The van der Waals surface area contributed by atoms with Gasteiger partial charge in [-0.2, -0.15) is 0 Å². The van der Waals surface area contributed by atoms with Crippen molar-refractivity contribution in [1.82, 2.24) is 5.32 Å². The largest absolute Gasteiger partial charge is 0.506 e. The normalized spacial score (nSPS) is 10.7. The van der Waals surface area contributed by atoms with Crippen LogP contribution < -0.4 is 5.32 Å². The second-order valence-corrected chi connectivity index (χ2v) is 5.91. The molecule has 3 nitrogen and oxygen atoms in total. The van der Waals surface area contributed by atoms with Gasteiger partial charge in [-0.1, -0.05) is 29.8 Å². The molecule has 0 aliphatic carbocycles. The molecule has 1 heterocycles. The van der Waals surface area contributed by atoms with Crippen LogP contribution >= 0.6 is 11.3 Å². The number of aromatic hydroxyl groups is 1. The second kappa shape index (κ2) is 5.58. The van der Waals surface area contributed by atoms with Gasteiger partial charge in [-0.15, -0.1) is 11.3 Å². The van der Waals surface area contributed by atoms with Crippen LogP contribution in [-0.2, 0) is 6.54 Å². The van der Waals surface area contributed by atoms with E-state index in [9.17, 15) is 9.90 Å². The first-order chi connectivity index (χ1) is 10.1. The van der Waals surface area contributed by atoms with Crippen molar-refractivity contribution in [2.45, 2.75) is 13.5 Å². The molecule has 4 heteroatoms. The lowest BCUT2D eigenvalue weighted by Gasteiger charge is -2.08. The molecule has 0 saturated heterocycles. The number of hydrogen-bond donors (Lipinski definition) is 2. The van der Waals surface area contributed by atoms with Crippen LogP contribution in [0.1, 0.15) is 21.5 Å². The summed E-state index contributed by atoms with van der Waals surface area (Å²) in [6.45, 7) is 2.47. The molecular formula is C17H15NO2S. The number of rotatable bonds is 3. The third kappa shape index (κ3) is 2.76. The summed E-state index contributed by atoms with van der Waals surface area (Å²) in [5, 5.41) is 15.7. The number of hydrogen-bond acceptors (Lipinski definition) is 3. The molecule has 1 aromatic heterocycles. The summed E-state index contributed by atoms with van der Waals surface area (Å²) in [4.78, 5) is 12.2. The molecular weight excluding hydrogens is 282 g/mol. The SMILES string of the molecule is Cc1ccc(CNC(=O)c2ccc3sccc3c2O)cc1. The second-order valence-electron chi connectivity index (χ2n) is 4.96. The lowest BCUT2D eigenvalue weighted by atomic mass is 10.1. The standard InChI is InChI=1S/C17H15NO2S/c1-11-2-4-12(5-3-11)10-18-17(20)14-6-7-15-13(16(14)19)8-9-21-15/h2-9,19H,10H2,1H3,(H,18,20). The summed E-state index contributed by atoms with van der Waals surface area (Å²) in [7, 11) is 0. The predicted octanol–water partition coefficient (Wildman–Crippen LogP) is 3.85. The maximum absolute atomic E-state index is 12.2. The highest BCUT2D eigenvalue weighted by molar-refractivity contribution is 7.17. The Balaban J connectivity index is 1.77. The fraction of sp³-hybridized carbons (Fsp3) is 0.118. The first-order valence-electron chi connectivity index (χ1n) is 6.68. The number of amides is 1. The van der Waals surface area contributed by atoms with E-state index in [-0.39, 0.29) is 11.7 Å². The Kier molecular flexibility index (Phi) is 3.62. The summed E-state index contributed by atoms with van der Waals surface area (Å²) in [6.07, 6.45) is 0. The molecule has 1 amide bonds. The van der Waals surface area contributed by atoms with Gasteiger partial charge in [0.1, 0.15) is 5.75 Å². The van der Waals surface area contributed by atoms with Gasteiger partial charge in [0.2, 0.25) is 0 Å². The van der Waals surface area contributed by atoms with Crippen LogP contribution in [0.15, 0.2) is 47.8 Å². The van der Waals surface area contributed by atoms with Crippen molar-refractivity contribution in [2.75, 3.05) is 0 Å². The first kappa shape index (κ1) is 13.6. The summed E-state index contributed by atoms with van der Waals surface area (Å²) in [5.41, 5.74) is 2.53. The Morgan fingerprint density at radius 3 is 2.67 bits per heavy atom. The van der Waals surface area contributed by atoms with Crippen LogP contribution in [0.3, 0.4) is 0 Å². The molecule has 0 atom stereocenters. The average molecular weight is 297 g/mol. The summed E-state index contributed by atoms with van der Waals surface area (Å²) in [6, 6.07) is 13.3. The van der Waals surface area contributed by atoms with Crippen LogP contribution in [0.4, 0.5) is 0 Å². The third-order valence-electron chi connectivity index (χ3n) is 3.43. The Labute approximate surface area is 126 Å². The molecule has 21 heavy (non-hydrogen) atoms. The minimum absolute atomic E-state index is 0.0511. The Hall–Kier alpha value is -2.33. The molecule has 106 valence electrons. The maximum Gasteiger partial charge on any atom is 0.255 e. The van der Waals surface area contributed by atoms with E-state index < -0.39 is 0 Å². The van der Waals surface area contributed by atoms with E-state index in [1.165, 1.54) is 5.56 Å². The highest BCUT2D eigenvalue weighted by atomic mass is 32.1. The maximum atomic E-state index is 12.2. The number of benzene rings is 2. The Morgan fingerprint density at radius 1 is 1.14 bits per heavy atom. The van der Waals surface area contributed by atoms with Crippen LogP contribution in [0.2, 0.25) is 0 Å². The van der Waals surface area contributed by atoms with Crippen LogP contribution in [0.25, 0.3) is 10.1 Å². The molecule has 3 aromatic rings. The number of fused-ring (bicyclic) bond motifs is 1. The van der Waals surface area contributed by atoms with E-state index in [2.05, 4.69) is 5.32 Å². The van der Waals surface area contributed by atoms with E-state index in [0.717, 1.165) is 15.6 Å². The zero-order valence-electron chi connectivity index (χ0n) is 11.6. The number of nitrogens with one attached hydrogen (secondary N) is 1. The minimum atomic E-state index is -0.263. The van der Waals surface area contributed by atoms with Crippen molar-refractivity contribution in [3.63, 3.8) is 0 Å². The van der Waals surface area contributed by atoms with Gasteiger partial charge in [0.15, 0.2) is 0 Å². The molecule has 2 aromatic carbocycles. The van der Waals surface area contributed by atoms with Crippen molar-refractivity contribution in [2.24, 2.45) is 0 Å². The van der Waals surface area contributed by atoms with Crippen molar-refractivity contribution >= 4 is 27.3 Å². The quantitative estimate of drug-likeness (QED) is 0.771. The minimum Gasteiger partial charge on any atom is -0.506 e. The van der Waals surface area contributed by atoms with Crippen LogP contribution in [0.5, 0.6) is 5.75 Å². The Bertz CT molecular complexity index is 790. The smallest absolute Gasteiger partial charge is 0.255 e. The number of thiophene rings is 1. The van der Waals surface area contributed by atoms with Crippen molar-refractivity contribution in [3.05, 3.63) is 64.5 Å². The summed E-state index contributed by atoms with van der Waals surface area (Å²) < 4.78 is 0.975. The fourth-order valence-corrected chi connectivity index (χ4v) is 2.98. The van der Waals surface area contributed by atoms with Crippen molar-refractivity contribution in [3.8, 4) is 5.75 Å². The van der Waals surface area contributed by atoms with Crippen LogP contribution in [-0.4, -0.2) is 11.0 Å². The molecule has 0 fully saturated rings. The van der Waals surface area contributed by atoms with E-state index in [4.69, 9.17) is 0 Å². The lowest BCUT2D eigenvalue weighted by molar-refractivity contribution is 0.0948. The van der Waals surface area contributed by atoms with E-state index in [1.54, 1.807) is 17.4 Å². The van der Waals surface area contributed by atoms with Gasteiger partial charge < -0.3 is 10.4 Å². The van der Waals surface area contributed by atoms with Gasteiger partial charge in [-0.25, -0.2) is 0 Å². The zero-order chi connectivity index (χ0) is 14.8.